The van der Waals surface area contributed by atoms with Crippen LogP contribution in [0.25, 0.3) is 0 Å². The third-order valence-corrected chi connectivity index (χ3v) is 9.94. The molecule has 5 nitrogen and oxygen atoms in total. The molecule has 4 aliphatic carbocycles. The molecule has 9 atom stereocenters. The molecule has 0 bridgehead atoms. The van der Waals surface area contributed by atoms with Crippen molar-refractivity contribution in [1.29, 1.82) is 0 Å². The molecule has 0 heterocycles. The monoisotopic (exact) mass is 490 g/mol. The second-order valence-corrected chi connectivity index (χ2v) is 12.2. The first-order chi connectivity index (χ1) is 16.0. The highest BCUT2D eigenvalue weighted by molar-refractivity contribution is 6.23. The van der Waals surface area contributed by atoms with Crippen LogP contribution in [0.3, 0.4) is 0 Å². The van der Waals surface area contributed by atoms with Crippen LogP contribution in [0, 0.1) is 40.4 Å². The number of esters is 1. The van der Waals surface area contributed by atoms with Gasteiger partial charge in [-0.3, -0.25) is 14.4 Å². The fourth-order valence-corrected chi connectivity index (χ4v) is 8.72. The smallest absolute Gasteiger partial charge is 0.306 e. The Kier molecular flexibility index (Phi) is 7.19. The van der Waals surface area contributed by atoms with Gasteiger partial charge in [0.2, 0.25) is 0 Å². The molecule has 0 spiro atoms. The molecule has 0 aromatic carbocycles. The zero-order chi connectivity index (χ0) is 24.8. The number of rotatable bonds is 7. The molecule has 0 aromatic rings. The first-order valence-corrected chi connectivity index (χ1v) is 13.4. The standard InChI is InChI=1S/C28H39ClO5/c1-5-6-7-8-24(33)34-15-23(32)25-16(2)11-19-18-13-21(29)20-12-17(30)9-10-27(20,3)26(18)22(31)14-28(19,25)4/h9-10,12,16,18-19,21-22,25-26,31H,5-8,11,13-15H2,1-4H3/t16-,18+,19+,21+,22+,25-,26-,27+,28+/m1/s1. The number of carbonyl (C=O) groups excluding carboxylic acids is 3. The summed E-state index contributed by atoms with van der Waals surface area (Å²) in [4.78, 5) is 37.5. The maximum atomic E-state index is 13.4. The lowest BCUT2D eigenvalue weighted by Gasteiger charge is -2.59. The summed E-state index contributed by atoms with van der Waals surface area (Å²) in [6.45, 7) is 8.25. The van der Waals surface area contributed by atoms with E-state index in [0.29, 0.717) is 19.3 Å². The highest BCUT2D eigenvalue weighted by Crippen LogP contribution is 2.67. The van der Waals surface area contributed by atoms with Gasteiger partial charge in [-0.25, -0.2) is 0 Å². The number of carbonyl (C=O) groups is 3. The van der Waals surface area contributed by atoms with E-state index in [1.165, 1.54) is 0 Å². The second-order valence-electron chi connectivity index (χ2n) is 11.7. The van der Waals surface area contributed by atoms with Crippen molar-refractivity contribution in [3.05, 3.63) is 23.8 Å². The van der Waals surface area contributed by atoms with E-state index in [-0.39, 0.29) is 64.5 Å². The van der Waals surface area contributed by atoms with Crippen molar-refractivity contribution in [1.82, 2.24) is 0 Å². The molecule has 4 rings (SSSR count). The van der Waals surface area contributed by atoms with Gasteiger partial charge in [-0.2, -0.15) is 0 Å². The van der Waals surface area contributed by atoms with E-state index in [0.717, 1.165) is 31.3 Å². The number of hydrogen-bond donors (Lipinski definition) is 1. The second kappa shape index (κ2) is 9.54. The molecule has 0 saturated heterocycles. The number of Topliss-reactive ketones (excluding diaryl/α,β-unsaturated/α-hetero) is 1. The van der Waals surface area contributed by atoms with Crippen molar-refractivity contribution in [2.24, 2.45) is 40.4 Å². The molecule has 0 unspecified atom stereocenters. The van der Waals surface area contributed by atoms with Crippen LogP contribution in [0.2, 0.25) is 0 Å². The molecule has 0 amide bonds. The molecule has 3 saturated carbocycles. The summed E-state index contributed by atoms with van der Waals surface area (Å²) in [5.74, 6) is -0.109. The van der Waals surface area contributed by atoms with Gasteiger partial charge in [0.05, 0.1) is 11.5 Å². The normalized spacial score (nSPS) is 42.9. The minimum atomic E-state index is -0.598. The van der Waals surface area contributed by atoms with Crippen molar-refractivity contribution < 1.29 is 24.2 Å². The van der Waals surface area contributed by atoms with Gasteiger partial charge in [0.15, 0.2) is 11.6 Å². The Bertz CT molecular complexity index is 908. The van der Waals surface area contributed by atoms with Crippen LogP contribution in [0.15, 0.2) is 23.8 Å². The maximum Gasteiger partial charge on any atom is 0.306 e. The van der Waals surface area contributed by atoms with Crippen LogP contribution in [-0.2, 0) is 19.1 Å². The van der Waals surface area contributed by atoms with E-state index in [2.05, 4.69) is 27.7 Å². The van der Waals surface area contributed by atoms with Crippen LogP contribution < -0.4 is 0 Å². The molecular weight excluding hydrogens is 452 g/mol. The molecule has 0 radical (unpaired) electrons. The van der Waals surface area contributed by atoms with E-state index >= 15 is 0 Å². The zero-order valence-corrected chi connectivity index (χ0v) is 21.6. The molecule has 6 heteroatoms. The lowest BCUT2D eigenvalue weighted by Crippen LogP contribution is -2.58. The van der Waals surface area contributed by atoms with E-state index in [1.54, 1.807) is 12.2 Å². The predicted molar refractivity (Wildman–Crippen MR) is 131 cm³/mol. The Balaban J connectivity index is 1.54. The average molecular weight is 491 g/mol. The summed E-state index contributed by atoms with van der Waals surface area (Å²) in [7, 11) is 0. The third-order valence-electron chi connectivity index (χ3n) is 9.52. The molecule has 4 aliphatic rings. The molecule has 34 heavy (non-hydrogen) atoms. The number of ether oxygens (including phenoxy) is 1. The fraction of sp³-hybridized carbons (Fsp3) is 0.750. The summed E-state index contributed by atoms with van der Waals surface area (Å²) in [5, 5.41) is 11.3. The number of hydrogen-bond acceptors (Lipinski definition) is 5. The largest absolute Gasteiger partial charge is 0.458 e. The van der Waals surface area contributed by atoms with Crippen molar-refractivity contribution in [3.63, 3.8) is 0 Å². The van der Waals surface area contributed by atoms with Gasteiger partial charge in [0.1, 0.15) is 6.61 Å². The number of allylic oxidation sites excluding steroid dienone is 4. The zero-order valence-electron chi connectivity index (χ0n) is 20.9. The number of halogens is 1. The highest BCUT2D eigenvalue weighted by Gasteiger charge is 2.65. The molecule has 0 aliphatic heterocycles. The number of ketones is 2. The summed E-state index contributed by atoms with van der Waals surface area (Å²) in [6.07, 6.45) is 9.88. The van der Waals surface area contributed by atoms with E-state index in [1.807, 2.05) is 6.08 Å². The van der Waals surface area contributed by atoms with Crippen LogP contribution in [0.4, 0.5) is 0 Å². The number of aliphatic hydroxyl groups excluding tert-OH is 1. The Hall–Kier alpha value is -1.46. The molecular formula is C28H39ClO5. The van der Waals surface area contributed by atoms with Gasteiger partial charge < -0.3 is 9.84 Å². The molecule has 3 fully saturated rings. The molecule has 1 N–H and O–H groups in total. The minimum Gasteiger partial charge on any atom is -0.458 e. The fourth-order valence-electron chi connectivity index (χ4n) is 8.22. The topological polar surface area (TPSA) is 80.7 Å². The maximum absolute atomic E-state index is 13.4. The quantitative estimate of drug-likeness (QED) is 0.307. The predicted octanol–water partition coefficient (Wildman–Crippen LogP) is 5.04. The first-order valence-electron chi connectivity index (χ1n) is 13.0. The average Bonchev–Trinajstić information content (AvgIpc) is 3.03. The Morgan fingerprint density at radius 3 is 2.68 bits per heavy atom. The molecule has 0 aromatic heterocycles. The van der Waals surface area contributed by atoms with Gasteiger partial charge in [-0.15, -0.1) is 11.6 Å². The minimum absolute atomic E-state index is 0.0276. The van der Waals surface area contributed by atoms with Crippen molar-refractivity contribution in [2.45, 2.75) is 84.1 Å². The van der Waals surface area contributed by atoms with Crippen molar-refractivity contribution in [2.75, 3.05) is 6.61 Å². The van der Waals surface area contributed by atoms with Crippen LogP contribution >= 0.6 is 11.6 Å². The Labute approximate surface area is 208 Å². The van der Waals surface area contributed by atoms with E-state index < -0.39 is 11.5 Å². The van der Waals surface area contributed by atoms with Crippen molar-refractivity contribution in [3.8, 4) is 0 Å². The number of alkyl halides is 1. The SMILES string of the molecule is CCCCCC(=O)OCC(=O)[C@H]1[C@H](C)C[C@H]2[C@@H]3C[C@H](Cl)C4=CC(=O)C=C[C@]4(C)[C@H]3[C@@H](O)C[C@@]21C. The number of aliphatic hydroxyl groups is 1. The van der Waals surface area contributed by atoms with Gasteiger partial charge in [-0.1, -0.05) is 46.6 Å². The van der Waals surface area contributed by atoms with Gasteiger partial charge >= 0.3 is 5.97 Å². The van der Waals surface area contributed by atoms with E-state index in [9.17, 15) is 19.5 Å². The highest BCUT2D eigenvalue weighted by atomic mass is 35.5. The van der Waals surface area contributed by atoms with Gasteiger partial charge in [-0.05, 0) is 66.6 Å². The first kappa shape index (κ1) is 25.6. The van der Waals surface area contributed by atoms with Crippen LogP contribution in [0.5, 0.6) is 0 Å². The third kappa shape index (κ3) is 4.21. The summed E-state index contributed by atoms with van der Waals surface area (Å²) in [6, 6.07) is 0. The number of unbranched alkanes of at least 4 members (excludes halogenated alkanes) is 2. The number of fused-ring (bicyclic) bond motifs is 5. The summed E-state index contributed by atoms with van der Waals surface area (Å²) >= 11 is 6.86. The lowest BCUT2D eigenvalue weighted by atomic mass is 9.46. The van der Waals surface area contributed by atoms with E-state index in [4.69, 9.17) is 16.3 Å². The lowest BCUT2D eigenvalue weighted by molar-refractivity contribution is -0.154. The summed E-state index contributed by atoms with van der Waals surface area (Å²) < 4.78 is 5.36. The molecule has 188 valence electrons. The Morgan fingerprint density at radius 1 is 1.24 bits per heavy atom. The Morgan fingerprint density at radius 2 is 1.97 bits per heavy atom. The van der Waals surface area contributed by atoms with Crippen molar-refractivity contribution >= 4 is 29.1 Å². The summed E-state index contributed by atoms with van der Waals surface area (Å²) in [5.41, 5.74) is 0.0940. The van der Waals surface area contributed by atoms with Crippen LogP contribution in [0.1, 0.15) is 72.6 Å². The van der Waals surface area contributed by atoms with Gasteiger partial charge in [0, 0.05) is 23.7 Å². The van der Waals surface area contributed by atoms with Crippen LogP contribution in [-0.4, -0.2) is 40.7 Å². The van der Waals surface area contributed by atoms with Gasteiger partial charge in [0.25, 0.3) is 0 Å².